The second kappa shape index (κ2) is 12.8. The molecule has 0 bridgehead atoms. The van der Waals surface area contributed by atoms with E-state index in [0.717, 1.165) is 49.9 Å². The highest BCUT2D eigenvalue weighted by molar-refractivity contribution is 14.0. The molecule has 2 N–H and O–H groups in total. The Balaban J connectivity index is 0.00000341. The van der Waals surface area contributed by atoms with E-state index >= 15 is 0 Å². The zero-order chi connectivity index (χ0) is 21.5. The van der Waals surface area contributed by atoms with Gasteiger partial charge in [-0.2, -0.15) is 0 Å². The maximum absolute atomic E-state index is 12.7. The number of amides is 1. The number of hydrogen-bond donors (Lipinski definition) is 2. The molecule has 2 aliphatic rings. The van der Waals surface area contributed by atoms with Gasteiger partial charge in [-0.1, -0.05) is 36.6 Å². The van der Waals surface area contributed by atoms with Gasteiger partial charge in [0, 0.05) is 36.6 Å². The first kappa shape index (κ1) is 26.2. The minimum Gasteiger partial charge on any atom is -0.357 e. The van der Waals surface area contributed by atoms with Gasteiger partial charge in [-0.25, -0.2) is 0 Å². The fourth-order valence-corrected chi connectivity index (χ4v) is 4.58. The van der Waals surface area contributed by atoms with Crippen molar-refractivity contribution in [1.29, 1.82) is 0 Å². The number of likely N-dealkylation sites (N-methyl/N-ethyl adjacent to an activating group) is 1. The van der Waals surface area contributed by atoms with Gasteiger partial charge in [-0.05, 0) is 58.0 Å². The van der Waals surface area contributed by atoms with Crippen LogP contribution in [-0.2, 0) is 4.79 Å². The Hall–Kier alpha value is -1.06. The van der Waals surface area contributed by atoms with Crippen LogP contribution in [0.3, 0.4) is 0 Å². The quantitative estimate of drug-likeness (QED) is 0.301. The molecule has 0 spiro atoms. The Morgan fingerprint density at radius 1 is 1.23 bits per heavy atom. The van der Waals surface area contributed by atoms with E-state index in [1.807, 2.05) is 17.0 Å². The first-order valence-electron chi connectivity index (χ1n) is 11.2. The molecule has 1 aliphatic carbocycles. The fraction of sp³-hybridized carbons (Fsp3) is 0.652. The van der Waals surface area contributed by atoms with Crippen molar-refractivity contribution in [2.75, 3.05) is 40.3 Å². The van der Waals surface area contributed by atoms with Crippen LogP contribution >= 0.6 is 35.6 Å². The minimum atomic E-state index is 0. The molecule has 2 atom stereocenters. The summed E-state index contributed by atoms with van der Waals surface area (Å²) in [6.45, 7) is 5.13. The summed E-state index contributed by atoms with van der Waals surface area (Å²) >= 11 is 6.05. The number of halogens is 2. The summed E-state index contributed by atoms with van der Waals surface area (Å²) in [6, 6.07) is 8.39. The predicted molar refractivity (Wildman–Crippen MR) is 139 cm³/mol. The van der Waals surface area contributed by atoms with Crippen LogP contribution < -0.4 is 10.6 Å². The number of carbonyl (C=O) groups is 1. The van der Waals surface area contributed by atoms with E-state index in [0.29, 0.717) is 12.5 Å². The van der Waals surface area contributed by atoms with Crippen molar-refractivity contribution in [3.05, 3.63) is 34.9 Å². The lowest BCUT2D eigenvalue weighted by atomic mass is 10.1. The SMILES string of the molecule is CCNC(=NCC(c1ccc(Cl)cc1)N(C)C)NC1CCN(C(=O)C2CCCC2)C1.I. The summed E-state index contributed by atoms with van der Waals surface area (Å²) in [6.07, 6.45) is 5.49. The van der Waals surface area contributed by atoms with Crippen molar-refractivity contribution in [3.63, 3.8) is 0 Å². The molecule has 1 saturated carbocycles. The standard InChI is InChI=1S/C23H36ClN5O.HI/c1-4-25-23(26-15-21(28(2)3)17-9-11-19(24)12-10-17)27-20-13-14-29(16-20)22(30)18-7-5-6-8-18;/h9-12,18,20-21H,4-8,13-16H2,1-3H3,(H2,25,26,27);1H. The lowest BCUT2D eigenvalue weighted by Crippen LogP contribution is -2.45. The van der Waals surface area contributed by atoms with Crippen LogP contribution in [0.2, 0.25) is 5.02 Å². The minimum absolute atomic E-state index is 0. The van der Waals surface area contributed by atoms with Crippen molar-refractivity contribution in [3.8, 4) is 0 Å². The van der Waals surface area contributed by atoms with Gasteiger partial charge >= 0.3 is 0 Å². The van der Waals surface area contributed by atoms with Gasteiger partial charge < -0.3 is 20.4 Å². The first-order chi connectivity index (χ1) is 14.5. The van der Waals surface area contributed by atoms with Gasteiger partial charge in [0.1, 0.15) is 0 Å². The van der Waals surface area contributed by atoms with E-state index in [-0.39, 0.29) is 42.0 Å². The van der Waals surface area contributed by atoms with Crippen LogP contribution in [0, 0.1) is 5.92 Å². The highest BCUT2D eigenvalue weighted by Gasteiger charge is 2.32. The lowest BCUT2D eigenvalue weighted by molar-refractivity contribution is -0.134. The van der Waals surface area contributed by atoms with Crippen molar-refractivity contribution in [2.24, 2.45) is 10.9 Å². The zero-order valence-corrected chi connectivity index (χ0v) is 22.0. The predicted octanol–water partition coefficient (Wildman–Crippen LogP) is 3.91. The molecule has 8 heteroatoms. The summed E-state index contributed by atoms with van der Waals surface area (Å²) in [7, 11) is 4.14. The van der Waals surface area contributed by atoms with Crippen LogP contribution in [0.15, 0.2) is 29.3 Å². The molecule has 6 nitrogen and oxygen atoms in total. The fourth-order valence-electron chi connectivity index (χ4n) is 4.45. The van der Waals surface area contributed by atoms with Crippen LogP contribution in [0.25, 0.3) is 0 Å². The Morgan fingerprint density at radius 3 is 2.52 bits per heavy atom. The van der Waals surface area contributed by atoms with Crippen LogP contribution in [0.1, 0.15) is 50.6 Å². The van der Waals surface area contributed by atoms with E-state index in [1.165, 1.54) is 18.4 Å². The summed E-state index contributed by atoms with van der Waals surface area (Å²) in [5, 5.41) is 7.66. The average Bonchev–Trinajstić information content (AvgIpc) is 3.41. The molecule has 3 rings (SSSR count). The monoisotopic (exact) mass is 561 g/mol. The summed E-state index contributed by atoms with van der Waals surface area (Å²) in [5.74, 6) is 1.43. The molecule has 1 heterocycles. The molecule has 174 valence electrons. The third kappa shape index (κ3) is 7.49. The van der Waals surface area contributed by atoms with Gasteiger partial charge in [0.05, 0.1) is 12.6 Å². The number of benzene rings is 1. The van der Waals surface area contributed by atoms with Crippen molar-refractivity contribution >= 4 is 47.4 Å². The topological polar surface area (TPSA) is 60.0 Å². The molecule has 31 heavy (non-hydrogen) atoms. The second-order valence-corrected chi connectivity index (χ2v) is 9.08. The molecular formula is C23H37ClIN5O. The average molecular weight is 562 g/mol. The summed E-state index contributed by atoms with van der Waals surface area (Å²) in [5.41, 5.74) is 1.19. The smallest absolute Gasteiger partial charge is 0.225 e. The molecule has 1 aromatic carbocycles. The highest BCUT2D eigenvalue weighted by atomic mass is 127. The van der Waals surface area contributed by atoms with Crippen molar-refractivity contribution in [2.45, 2.75) is 51.1 Å². The molecule has 1 saturated heterocycles. The Morgan fingerprint density at radius 2 is 1.90 bits per heavy atom. The molecule has 2 unspecified atom stereocenters. The molecule has 2 fully saturated rings. The van der Waals surface area contributed by atoms with E-state index in [4.69, 9.17) is 16.6 Å². The van der Waals surface area contributed by atoms with E-state index in [1.54, 1.807) is 0 Å². The maximum Gasteiger partial charge on any atom is 0.225 e. The Kier molecular flexibility index (Phi) is 10.9. The number of aliphatic imine (C=N–C) groups is 1. The maximum atomic E-state index is 12.7. The Bertz CT molecular complexity index is 721. The first-order valence-corrected chi connectivity index (χ1v) is 11.6. The number of guanidine groups is 1. The van der Waals surface area contributed by atoms with Crippen LogP contribution in [-0.4, -0.2) is 68.0 Å². The molecule has 1 aliphatic heterocycles. The number of nitrogens with one attached hydrogen (secondary N) is 2. The molecule has 1 amide bonds. The second-order valence-electron chi connectivity index (χ2n) is 8.65. The number of nitrogens with zero attached hydrogens (tertiary/aromatic N) is 3. The van der Waals surface area contributed by atoms with E-state index < -0.39 is 0 Å². The summed E-state index contributed by atoms with van der Waals surface area (Å²) < 4.78 is 0. The number of likely N-dealkylation sites (tertiary alicyclic amines) is 1. The number of hydrogen-bond acceptors (Lipinski definition) is 3. The van der Waals surface area contributed by atoms with Crippen LogP contribution in [0.5, 0.6) is 0 Å². The lowest BCUT2D eigenvalue weighted by Gasteiger charge is -2.24. The number of carbonyl (C=O) groups excluding carboxylic acids is 1. The van der Waals surface area contributed by atoms with E-state index in [2.05, 4.69) is 48.7 Å². The Labute approximate surface area is 209 Å². The van der Waals surface area contributed by atoms with Gasteiger partial charge in [0.25, 0.3) is 0 Å². The largest absolute Gasteiger partial charge is 0.357 e. The third-order valence-corrected chi connectivity index (χ3v) is 6.44. The van der Waals surface area contributed by atoms with Gasteiger partial charge in [0.15, 0.2) is 5.96 Å². The van der Waals surface area contributed by atoms with E-state index in [9.17, 15) is 4.79 Å². The molecule has 1 aromatic rings. The third-order valence-electron chi connectivity index (χ3n) is 6.19. The van der Waals surface area contributed by atoms with Crippen LogP contribution in [0.4, 0.5) is 0 Å². The normalized spacial score (nSPS) is 20.6. The highest BCUT2D eigenvalue weighted by Crippen LogP contribution is 2.28. The molecular weight excluding hydrogens is 525 g/mol. The molecule has 0 aromatic heterocycles. The summed E-state index contributed by atoms with van der Waals surface area (Å²) in [4.78, 5) is 21.8. The molecule has 0 radical (unpaired) electrons. The van der Waals surface area contributed by atoms with Gasteiger partial charge in [-0.3, -0.25) is 9.79 Å². The van der Waals surface area contributed by atoms with Gasteiger partial charge in [0.2, 0.25) is 5.91 Å². The zero-order valence-electron chi connectivity index (χ0n) is 18.9. The van der Waals surface area contributed by atoms with Gasteiger partial charge in [-0.15, -0.1) is 24.0 Å². The van der Waals surface area contributed by atoms with Crippen molar-refractivity contribution < 1.29 is 4.79 Å². The van der Waals surface area contributed by atoms with Crippen molar-refractivity contribution in [1.82, 2.24) is 20.4 Å². The number of rotatable bonds is 7.